The Hall–Kier alpha value is -1.51. The number of aryl methyl sites for hydroxylation is 1. The van der Waals surface area contributed by atoms with E-state index in [0.29, 0.717) is 0 Å². The number of rotatable bonds is 2. The highest BCUT2D eigenvalue weighted by molar-refractivity contribution is 5.54. The Labute approximate surface area is 77.0 Å². The first-order valence-electron chi connectivity index (χ1n) is 4.35. The van der Waals surface area contributed by atoms with Gasteiger partial charge in [0.2, 0.25) is 0 Å². The fraction of sp³-hybridized carbons (Fsp3) is 0.300. The number of nitrogens with zero attached hydrogens (tertiary/aromatic N) is 2. The zero-order chi connectivity index (χ0) is 9.26. The molecule has 2 rings (SSSR count). The van der Waals surface area contributed by atoms with Crippen LogP contribution in [-0.2, 0) is 6.42 Å². The summed E-state index contributed by atoms with van der Waals surface area (Å²) in [6.45, 7) is 2.09. The molecule has 2 aromatic rings. The van der Waals surface area contributed by atoms with Gasteiger partial charge in [-0.1, -0.05) is 6.92 Å². The average molecular weight is 176 g/mol. The van der Waals surface area contributed by atoms with Crippen LogP contribution in [0.25, 0.3) is 5.65 Å². The molecule has 0 bridgehead atoms. The number of methoxy groups -OCH3 is 1. The van der Waals surface area contributed by atoms with E-state index in [0.717, 1.165) is 23.5 Å². The van der Waals surface area contributed by atoms with Gasteiger partial charge in [0.05, 0.1) is 12.8 Å². The number of hydrogen-bond acceptors (Lipinski definition) is 2. The molecule has 0 aliphatic rings. The number of ether oxygens (including phenoxy) is 1. The minimum Gasteiger partial charge on any atom is -0.493 e. The van der Waals surface area contributed by atoms with Crippen LogP contribution >= 0.6 is 0 Å². The third-order valence-corrected chi connectivity index (χ3v) is 2.08. The average Bonchev–Trinajstić information content (AvgIpc) is 2.59. The molecule has 0 spiro atoms. The van der Waals surface area contributed by atoms with Crippen molar-refractivity contribution in [3.05, 3.63) is 30.2 Å². The van der Waals surface area contributed by atoms with Crippen molar-refractivity contribution in [2.24, 2.45) is 0 Å². The number of fused-ring (bicyclic) bond motifs is 1. The minimum absolute atomic E-state index is 0.821. The quantitative estimate of drug-likeness (QED) is 0.698. The van der Waals surface area contributed by atoms with Gasteiger partial charge in [-0.3, -0.25) is 0 Å². The second-order valence-electron chi connectivity index (χ2n) is 2.89. The van der Waals surface area contributed by atoms with Crippen molar-refractivity contribution in [2.75, 3.05) is 7.11 Å². The zero-order valence-electron chi connectivity index (χ0n) is 7.82. The molecule has 0 aliphatic heterocycles. The topological polar surface area (TPSA) is 26.5 Å². The van der Waals surface area contributed by atoms with Gasteiger partial charge >= 0.3 is 0 Å². The SMILES string of the molecule is CCc1cn2cccc(OC)c2n1. The molecule has 3 nitrogen and oxygen atoms in total. The summed E-state index contributed by atoms with van der Waals surface area (Å²) in [6.07, 6.45) is 4.95. The summed E-state index contributed by atoms with van der Waals surface area (Å²) in [4.78, 5) is 4.44. The molecule has 0 saturated carbocycles. The highest BCUT2D eigenvalue weighted by atomic mass is 16.5. The van der Waals surface area contributed by atoms with Gasteiger partial charge in [0.25, 0.3) is 0 Å². The Morgan fingerprint density at radius 1 is 1.54 bits per heavy atom. The first-order valence-corrected chi connectivity index (χ1v) is 4.35. The highest BCUT2D eigenvalue weighted by Crippen LogP contribution is 2.18. The van der Waals surface area contributed by atoms with Crippen LogP contribution in [0.15, 0.2) is 24.5 Å². The van der Waals surface area contributed by atoms with Crippen LogP contribution in [0.1, 0.15) is 12.6 Å². The summed E-state index contributed by atoms with van der Waals surface area (Å²) in [6, 6.07) is 3.87. The third kappa shape index (κ3) is 1.26. The van der Waals surface area contributed by atoms with Crippen LogP contribution in [0.3, 0.4) is 0 Å². The molecule has 0 saturated heterocycles. The summed E-state index contributed by atoms with van der Waals surface area (Å²) in [5, 5.41) is 0. The summed E-state index contributed by atoms with van der Waals surface area (Å²) < 4.78 is 7.19. The van der Waals surface area contributed by atoms with Gasteiger partial charge in [-0.2, -0.15) is 0 Å². The lowest BCUT2D eigenvalue weighted by molar-refractivity contribution is 0.417. The Morgan fingerprint density at radius 2 is 2.38 bits per heavy atom. The highest BCUT2D eigenvalue weighted by Gasteiger charge is 2.03. The second-order valence-corrected chi connectivity index (χ2v) is 2.89. The maximum absolute atomic E-state index is 5.20. The van der Waals surface area contributed by atoms with Gasteiger partial charge in [0, 0.05) is 12.4 Å². The molecule has 0 radical (unpaired) electrons. The van der Waals surface area contributed by atoms with Crippen LogP contribution in [0.2, 0.25) is 0 Å². The van der Waals surface area contributed by atoms with E-state index in [1.54, 1.807) is 7.11 Å². The monoisotopic (exact) mass is 176 g/mol. The fourth-order valence-electron chi connectivity index (χ4n) is 1.37. The third-order valence-electron chi connectivity index (χ3n) is 2.08. The van der Waals surface area contributed by atoms with Crippen LogP contribution < -0.4 is 4.74 Å². The van der Waals surface area contributed by atoms with E-state index < -0.39 is 0 Å². The standard InChI is InChI=1S/C10H12N2O/c1-3-8-7-12-6-4-5-9(13-2)10(12)11-8/h4-7H,3H2,1-2H3. The van der Waals surface area contributed by atoms with Crippen LogP contribution in [0, 0.1) is 0 Å². The lowest BCUT2D eigenvalue weighted by Crippen LogP contribution is -1.88. The van der Waals surface area contributed by atoms with Gasteiger partial charge in [0.1, 0.15) is 0 Å². The van der Waals surface area contributed by atoms with E-state index in [4.69, 9.17) is 4.74 Å². The van der Waals surface area contributed by atoms with E-state index >= 15 is 0 Å². The molecule has 0 amide bonds. The Morgan fingerprint density at radius 3 is 3.08 bits per heavy atom. The summed E-state index contributed by atoms with van der Waals surface area (Å²) >= 11 is 0. The van der Waals surface area contributed by atoms with E-state index in [1.165, 1.54) is 0 Å². The van der Waals surface area contributed by atoms with Gasteiger partial charge < -0.3 is 9.14 Å². The summed E-state index contributed by atoms with van der Waals surface area (Å²) in [7, 11) is 1.66. The molecule has 0 unspecified atom stereocenters. The van der Waals surface area contributed by atoms with E-state index in [1.807, 2.05) is 28.9 Å². The number of pyridine rings is 1. The van der Waals surface area contributed by atoms with Crippen molar-refractivity contribution in [3.63, 3.8) is 0 Å². The zero-order valence-corrected chi connectivity index (χ0v) is 7.82. The molecular formula is C10H12N2O. The fourth-order valence-corrected chi connectivity index (χ4v) is 1.37. The Kier molecular flexibility index (Phi) is 1.93. The summed E-state index contributed by atoms with van der Waals surface area (Å²) in [5.41, 5.74) is 1.98. The number of imidazole rings is 1. The molecular weight excluding hydrogens is 164 g/mol. The van der Waals surface area contributed by atoms with E-state index in [9.17, 15) is 0 Å². The van der Waals surface area contributed by atoms with Crippen molar-refractivity contribution < 1.29 is 4.74 Å². The van der Waals surface area contributed by atoms with Crippen LogP contribution in [0.5, 0.6) is 5.75 Å². The van der Waals surface area contributed by atoms with Crippen molar-refractivity contribution >= 4 is 5.65 Å². The lowest BCUT2D eigenvalue weighted by atomic mass is 10.4. The lowest BCUT2D eigenvalue weighted by Gasteiger charge is -1.99. The van der Waals surface area contributed by atoms with Gasteiger partial charge in [0.15, 0.2) is 11.4 Å². The Balaban J connectivity index is 2.67. The van der Waals surface area contributed by atoms with Crippen LogP contribution in [-0.4, -0.2) is 16.5 Å². The molecule has 2 aromatic heterocycles. The molecule has 0 aromatic carbocycles. The maximum Gasteiger partial charge on any atom is 0.179 e. The first-order chi connectivity index (χ1) is 6.35. The minimum atomic E-state index is 0.821. The normalized spacial score (nSPS) is 10.6. The van der Waals surface area contributed by atoms with Crippen molar-refractivity contribution in [2.45, 2.75) is 13.3 Å². The Bertz CT molecular complexity index is 420. The molecule has 3 heteroatoms. The van der Waals surface area contributed by atoms with Crippen molar-refractivity contribution in [1.82, 2.24) is 9.38 Å². The van der Waals surface area contributed by atoms with Crippen molar-refractivity contribution in [1.29, 1.82) is 0 Å². The smallest absolute Gasteiger partial charge is 0.179 e. The summed E-state index contributed by atoms with van der Waals surface area (Å²) in [5.74, 6) is 0.821. The maximum atomic E-state index is 5.20. The molecule has 2 heterocycles. The molecule has 68 valence electrons. The van der Waals surface area contributed by atoms with E-state index in [-0.39, 0.29) is 0 Å². The molecule has 13 heavy (non-hydrogen) atoms. The van der Waals surface area contributed by atoms with Gasteiger partial charge in [-0.05, 0) is 18.6 Å². The molecule has 0 fully saturated rings. The van der Waals surface area contributed by atoms with Gasteiger partial charge in [-0.25, -0.2) is 4.98 Å². The van der Waals surface area contributed by atoms with E-state index in [2.05, 4.69) is 11.9 Å². The number of aromatic nitrogens is 2. The molecule has 0 aliphatic carbocycles. The van der Waals surface area contributed by atoms with Gasteiger partial charge in [-0.15, -0.1) is 0 Å². The largest absolute Gasteiger partial charge is 0.493 e. The van der Waals surface area contributed by atoms with Crippen molar-refractivity contribution in [3.8, 4) is 5.75 Å². The predicted octanol–water partition coefficient (Wildman–Crippen LogP) is 1.91. The molecule has 0 atom stereocenters. The second kappa shape index (κ2) is 3.09. The van der Waals surface area contributed by atoms with Crippen LogP contribution in [0.4, 0.5) is 0 Å². The first kappa shape index (κ1) is 8.10. The molecule has 0 N–H and O–H groups in total. The number of hydrogen-bond donors (Lipinski definition) is 0. The predicted molar refractivity (Wildman–Crippen MR) is 51.1 cm³/mol.